The Morgan fingerprint density at radius 2 is 2.03 bits per heavy atom. The fourth-order valence-corrected chi connectivity index (χ4v) is 4.05. The van der Waals surface area contributed by atoms with Gasteiger partial charge in [-0.25, -0.2) is 0 Å². The van der Waals surface area contributed by atoms with Crippen molar-refractivity contribution in [2.45, 2.75) is 32.0 Å². The Morgan fingerprint density at radius 1 is 1.31 bits per heavy atom. The first-order valence-corrected chi connectivity index (χ1v) is 10.7. The van der Waals surface area contributed by atoms with E-state index in [4.69, 9.17) is 10.5 Å². The molecule has 8 heteroatoms. The van der Waals surface area contributed by atoms with E-state index in [-0.39, 0.29) is 11.7 Å². The summed E-state index contributed by atoms with van der Waals surface area (Å²) in [6.07, 6.45) is 2.56. The van der Waals surface area contributed by atoms with Gasteiger partial charge in [0, 0.05) is 16.6 Å². The number of para-hydroxylation sites is 2. The number of nitrogens with two attached hydrogens (primary N) is 1. The highest BCUT2D eigenvalue weighted by molar-refractivity contribution is 9.11. The van der Waals surface area contributed by atoms with Crippen LogP contribution in [-0.4, -0.2) is 28.8 Å². The Bertz CT molecular complexity index is 874. The Hall–Kier alpha value is -1.87. The molecule has 2 atom stereocenters. The molecule has 0 saturated carbocycles. The van der Waals surface area contributed by atoms with E-state index in [9.17, 15) is 15.0 Å². The zero-order valence-electron chi connectivity index (χ0n) is 15.9. The summed E-state index contributed by atoms with van der Waals surface area (Å²) in [5, 5.41) is 23.7. The minimum atomic E-state index is -1.02. The third kappa shape index (κ3) is 6.85. The highest BCUT2D eigenvalue weighted by Gasteiger charge is 2.25. The van der Waals surface area contributed by atoms with Crippen molar-refractivity contribution >= 4 is 49.1 Å². The molecule has 0 saturated heterocycles. The van der Waals surface area contributed by atoms with Gasteiger partial charge in [-0.05, 0) is 66.0 Å². The highest BCUT2D eigenvalue weighted by atomic mass is 79.9. The molecule has 0 fully saturated rings. The number of phenolic OH excluding ortho intramolecular Hbond substituents is 1. The van der Waals surface area contributed by atoms with Crippen LogP contribution in [0.4, 0.5) is 11.4 Å². The van der Waals surface area contributed by atoms with Gasteiger partial charge in [0.1, 0.15) is 11.9 Å². The number of carbonyl (C=O) groups excluding carboxylic acids is 1. The van der Waals surface area contributed by atoms with Crippen LogP contribution in [0, 0.1) is 0 Å². The molecule has 1 amide bonds. The molecule has 5 N–H and O–H groups in total. The summed E-state index contributed by atoms with van der Waals surface area (Å²) in [5.41, 5.74) is 7.23. The Balaban J connectivity index is 1.98. The van der Waals surface area contributed by atoms with Crippen LogP contribution < -0.4 is 11.1 Å². The second-order valence-electron chi connectivity index (χ2n) is 6.32. The standard InChI is InChI=1S/C21H24Br2N2O4/c1-2-29-18(21(28)14-11-13(22)12-15(23)20(14)27)9-5-6-10-19(26)25-17-8-4-3-7-16(17)24/h3-4,6-8,10-12,18,21,27-28H,2,5,9,24H2,1H3,(H,25,26)/b10-6+/t18-,21-/m1/s1. The smallest absolute Gasteiger partial charge is 0.248 e. The van der Waals surface area contributed by atoms with E-state index in [1.807, 2.05) is 6.92 Å². The van der Waals surface area contributed by atoms with Gasteiger partial charge in [0.05, 0.1) is 22.0 Å². The molecule has 0 aliphatic carbocycles. The molecular formula is C21H24Br2N2O4. The van der Waals surface area contributed by atoms with E-state index >= 15 is 0 Å². The Labute approximate surface area is 187 Å². The number of hydrogen-bond donors (Lipinski definition) is 4. The number of carbonyl (C=O) groups is 1. The Kier molecular flexibility index (Phi) is 9.16. The van der Waals surface area contributed by atoms with Crippen molar-refractivity contribution in [2.75, 3.05) is 17.7 Å². The molecule has 0 bridgehead atoms. The maximum absolute atomic E-state index is 12.0. The normalized spacial score (nSPS) is 13.4. The summed E-state index contributed by atoms with van der Waals surface area (Å²) >= 11 is 6.63. The van der Waals surface area contributed by atoms with Gasteiger partial charge in [-0.15, -0.1) is 0 Å². The van der Waals surface area contributed by atoms with Gasteiger partial charge in [-0.1, -0.05) is 34.1 Å². The molecule has 6 nitrogen and oxygen atoms in total. The van der Waals surface area contributed by atoms with Crippen LogP contribution in [-0.2, 0) is 9.53 Å². The predicted octanol–water partition coefficient (Wildman–Crippen LogP) is 4.91. The van der Waals surface area contributed by atoms with Crippen LogP contribution in [0.5, 0.6) is 5.75 Å². The summed E-state index contributed by atoms with van der Waals surface area (Å²) < 4.78 is 6.87. The first-order chi connectivity index (χ1) is 13.8. The fourth-order valence-electron chi connectivity index (χ4n) is 2.79. The topological polar surface area (TPSA) is 105 Å². The van der Waals surface area contributed by atoms with Crippen LogP contribution in [0.2, 0.25) is 0 Å². The molecule has 0 heterocycles. The molecule has 0 spiro atoms. The number of anilines is 2. The number of phenols is 1. The van der Waals surface area contributed by atoms with E-state index in [1.165, 1.54) is 6.08 Å². The number of aromatic hydroxyl groups is 1. The molecule has 0 aliphatic rings. The highest BCUT2D eigenvalue weighted by Crippen LogP contribution is 2.37. The zero-order valence-corrected chi connectivity index (χ0v) is 19.1. The number of aliphatic hydroxyl groups is 1. The summed E-state index contributed by atoms with van der Waals surface area (Å²) in [6, 6.07) is 10.4. The van der Waals surface area contributed by atoms with Gasteiger partial charge in [0.25, 0.3) is 0 Å². The van der Waals surface area contributed by atoms with Crippen molar-refractivity contribution in [3.05, 3.63) is 63.1 Å². The monoisotopic (exact) mass is 526 g/mol. The summed E-state index contributed by atoms with van der Waals surface area (Å²) in [5.74, 6) is -0.314. The molecule has 2 rings (SSSR count). The van der Waals surface area contributed by atoms with Crippen molar-refractivity contribution in [1.29, 1.82) is 0 Å². The summed E-state index contributed by atoms with van der Waals surface area (Å²) in [4.78, 5) is 12.0. The van der Waals surface area contributed by atoms with Crippen molar-refractivity contribution in [2.24, 2.45) is 0 Å². The molecular weight excluding hydrogens is 504 g/mol. The van der Waals surface area contributed by atoms with Crippen molar-refractivity contribution in [3.63, 3.8) is 0 Å². The average molecular weight is 528 g/mol. The van der Waals surface area contributed by atoms with Gasteiger partial charge in [-0.3, -0.25) is 4.79 Å². The van der Waals surface area contributed by atoms with E-state index < -0.39 is 12.2 Å². The number of ether oxygens (including phenoxy) is 1. The maximum atomic E-state index is 12.0. The first kappa shape index (κ1) is 23.4. The lowest BCUT2D eigenvalue weighted by molar-refractivity contribution is -0.111. The van der Waals surface area contributed by atoms with Gasteiger partial charge < -0.3 is 26.0 Å². The van der Waals surface area contributed by atoms with Crippen LogP contribution in [0.15, 0.2) is 57.5 Å². The van der Waals surface area contributed by atoms with Crippen LogP contribution in [0.25, 0.3) is 0 Å². The van der Waals surface area contributed by atoms with Gasteiger partial charge in [0.2, 0.25) is 5.91 Å². The number of amides is 1. The van der Waals surface area contributed by atoms with Crippen molar-refractivity contribution < 1.29 is 19.7 Å². The van der Waals surface area contributed by atoms with Crippen molar-refractivity contribution in [1.82, 2.24) is 0 Å². The van der Waals surface area contributed by atoms with Crippen LogP contribution in [0.3, 0.4) is 0 Å². The molecule has 0 aromatic heterocycles. The molecule has 29 heavy (non-hydrogen) atoms. The molecule has 0 radical (unpaired) electrons. The molecule has 2 aromatic rings. The lowest BCUT2D eigenvalue weighted by Crippen LogP contribution is -2.22. The SMILES string of the molecule is CCO[C@H](CC/C=C/C(=O)Nc1ccccc1N)[C@H](O)c1cc(Br)cc(Br)c1O. The number of hydrogen-bond acceptors (Lipinski definition) is 5. The molecule has 156 valence electrons. The summed E-state index contributed by atoms with van der Waals surface area (Å²) in [6.45, 7) is 2.25. The van der Waals surface area contributed by atoms with Gasteiger partial charge in [0.15, 0.2) is 0 Å². The van der Waals surface area contributed by atoms with Gasteiger partial charge >= 0.3 is 0 Å². The van der Waals surface area contributed by atoms with Crippen molar-refractivity contribution in [3.8, 4) is 5.75 Å². The fraction of sp³-hybridized carbons (Fsp3) is 0.286. The molecule has 2 aromatic carbocycles. The van der Waals surface area contributed by atoms with Gasteiger partial charge in [-0.2, -0.15) is 0 Å². The number of allylic oxidation sites excluding steroid dienone is 1. The first-order valence-electron chi connectivity index (χ1n) is 9.13. The van der Waals surface area contributed by atoms with E-state index in [1.54, 1.807) is 42.5 Å². The lowest BCUT2D eigenvalue weighted by Gasteiger charge is -2.24. The minimum absolute atomic E-state index is 0.0271. The molecule has 0 unspecified atom stereocenters. The predicted molar refractivity (Wildman–Crippen MR) is 122 cm³/mol. The largest absolute Gasteiger partial charge is 0.506 e. The lowest BCUT2D eigenvalue weighted by atomic mass is 9.99. The number of halogens is 2. The number of aliphatic hydroxyl groups excluding tert-OH is 1. The van der Waals surface area contributed by atoms with E-state index in [2.05, 4.69) is 37.2 Å². The number of rotatable bonds is 9. The van der Waals surface area contributed by atoms with Crippen LogP contribution in [0.1, 0.15) is 31.4 Å². The quantitative estimate of drug-likeness (QED) is 0.274. The average Bonchev–Trinajstić information content (AvgIpc) is 2.68. The number of nitrogen functional groups attached to an aromatic ring is 1. The second kappa shape index (κ2) is 11.3. The third-order valence-electron chi connectivity index (χ3n) is 4.21. The van der Waals surface area contributed by atoms with E-state index in [0.29, 0.717) is 40.9 Å². The summed E-state index contributed by atoms with van der Waals surface area (Å²) in [7, 11) is 0. The third-order valence-corrected chi connectivity index (χ3v) is 5.28. The van der Waals surface area contributed by atoms with E-state index in [0.717, 1.165) is 4.47 Å². The zero-order chi connectivity index (χ0) is 21.4. The van der Waals surface area contributed by atoms with Crippen LogP contribution >= 0.6 is 31.9 Å². The Morgan fingerprint density at radius 3 is 2.72 bits per heavy atom. The second-order valence-corrected chi connectivity index (χ2v) is 8.09. The minimum Gasteiger partial charge on any atom is -0.506 e. The molecule has 0 aliphatic heterocycles. The number of benzene rings is 2. The number of nitrogens with one attached hydrogen (secondary N) is 1. The maximum Gasteiger partial charge on any atom is 0.248 e.